The molecule has 30 heavy (non-hydrogen) atoms. The van der Waals surface area contributed by atoms with Crippen LogP contribution in [0.5, 0.6) is 0 Å². The lowest BCUT2D eigenvalue weighted by Crippen LogP contribution is -2.17. The van der Waals surface area contributed by atoms with Crippen LogP contribution in [-0.4, -0.2) is 54.5 Å². The second-order valence-corrected chi connectivity index (χ2v) is 12.0. The van der Waals surface area contributed by atoms with E-state index in [9.17, 15) is 21.6 Å². The average molecular weight is 450 g/mol. The number of hydrogen-bond donors (Lipinski definition) is 0. The summed E-state index contributed by atoms with van der Waals surface area (Å²) in [6, 6.07) is 8.54. The Balaban J connectivity index is 1.74. The molecule has 0 saturated carbocycles. The SMILES string of the molecule is Cc1cc(C(=O)Cn2c(S(C)(=O)=O)nc3ccccc32)c(C)n1C1CCS(=O)(=O)C1. The van der Waals surface area contributed by atoms with Crippen molar-refractivity contribution in [2.45, 2.75) is 38.0 Å². The largest absolute Gasteiger partial charge is 0.344 e. The number of carbonyl (C=O) groups is 1. The highest BCUT2D eigenvalue weighted by atomic mass is 32.2. The maximum absolute atomic E-state index is 13.2. The summed E-state index contributed by atoms with van der Waals surface area (Å²) in [7, 11) is -6.69. The number of aryl methyl sites for hydroxylation is 1. The second-order valence-electron chi connectivity index (χ2n) is 7.88. The van der Waals surface area contributed by atoms with Crippen LogP contribution in [0, 0.1) is 13.8 Å². The van der Waals surface area contributed by atoms with Crippen LogP contribution in [0.15, 0.2) is 35.5 Å². The van der Waals surface area contributed by atoms with Crippen LogP contribution >= 0.6 is 0 Å². The molecule has 2 aromatic heterocycles. The molecule has 0 N–H and O–H groups in total. The summed E-state index contributed by atoms with van der Waals surface area (Å²) in [6.07, 6.45) is 1.60. The van der Waals surface area contributed by atoms with Crippen molar-refractivity contribution < 1.29 is 21.6 Å². The summed E-state index contributed by atoms with van der Waals surface area (Å²) in [6.45, 7) is 3.48. The van der Waals surface area contributed by atoms with Gasteiger partial charge in [0.15, 0.2) is 15.6 Å². The Morgan fingerprint density at radius 3 is 2.57 bits per heavy atom. The molecule has 160 valence electrons. The monoisotopic (exact) mass is 449 g/mol. The Hall–Kier alpha value is -2.46. The fourth-order valence-corrected chi connectivity index (χ4v) is 6.85. The molecule has 1 unspecified atom stereocenters. The smallest absolute Gasteiger partial charge is 0.228 e. The topological polar surface area (TPSA) is 108 Å². The van der Waals surface area contributed by atoms with E-state index in [4.69, 9.17) is 0 Å². The van der Waals surface area contributed by atoms with E-state index in [1.807, 2.05) is 11.5 Å². The molecular weight excluding hydrogens is 426 g/mol. The molecule has 1 fully saturated rings. The summed E-state index contributed by atoms with van der Waals surface area (Å²) in [5, 5.41) is -0.146. The molecule has 0 aliphatic carbocycles. The molecule has 1 aromatic carbocycles. The summed E-state index contributed by atoms with van der Waals surface area (Å²) in [4.78, 5) is 17.4. The molecule has 1 aliphatic heterocycles. The Labute approximate surface area is 175 Å². The number of Topliss-reactive ketones (excluding diaryl/α,β-unsaturated/α-hetero) is 1. The van der Waals surface area contributed by atoms with E-state index < -0.39 is 19.7 Å². The third-order valence-corrected chi connectivity index (χ3v) is 8.34. The summed E-state index contributed by atoms with van der Waals surface area (Å²) in [5.41, 5.74) is 3.06. The lowest BCUT2D eigenvalue weighted by Gasteiger charge is -2.16. The van der Waals surface area contributed by atoms with E-state index in [0.29, 0.717) is 28.7 Å². The van der Waals surface area contributed by atoms with Gasteiger partial charge in [0.2, 0.25) is 15.0 Å². The average Bonchev–Trinajstić information content (AvgIpc) is 3.28. The molecule has 4 rings (SSSR count). The number of ketones is 1. The first-order valence-electron chi connectivity index (χ1n) is 9.55. The van der Waals surface area contributed by atoms with Gasteiger partial charge in [-0.1, -0.05) is 12.1 Å². The highest BCUT2D eigenvalue weighted by molar-refractivity contribution is 7.91. The molecular formula is C20H23N3O5S2. The molecule has 3 heterocycles. The zero-order valence-electron chi connectivity index (χ0n) is 17.0. The number of imidazole rings is 1. The minimum Gasteiger partial charge on any atom is -0.344 e. The van der Waals surface area contributed by atoms with E-state index in [-0.39, 0.29) is 35.0 Å². The number of fused-ring (bicyclic) bond motifs is 1. The molecule has 10 heteroatoms. The third-order valence-electron chi connectivity index (χ3n) is 5.61. The number of rotatable bonds is 5. The lowest BCUT2D eigenvalue weighted by atomic mass is 10.1. The number of nitrogens with zero attached hydrogens (tertiary/aromatic N) is 3. The normalized spacial score (nSPS) is 18.8. The fourth-order valence-electron chi connectivity index (χ4n) is 4.32. The van der Waals surface area contributed by atoms with Crippen LogP contribution in [0.3, 0.4) is 0 Å². The second kappa shape index (κ2) is 7.05. The Bertz CT molecular complexity index is 1380. The van der Waals surface area contributed by atoms with Crippen molar-refractivity contribution in [2.75, 3.05) is 17.8 Å². The van der Waals surface area contributed by atoms with Gasteiger partial charge in [0, 0.05) is 29.2 Å². The fraction of sp³-hybridized carbons (Fsp3) is 0.400. The van der Waals surface area contributed by atoms with Crippen molar-refractivity contribution in [1.29, 1.82) is 0 Å². The maximum atomic E-state index is 13.2. The molecule has 0 bridgehead atoms. The van der Waals surface area contributed by atoms with Gasteiger partial charge in [-0.05, 0) is 38.5 Å². The Morgan fingerprint density at radius 2 is 1.93 bits per heavy atom. The number of aromatic nitrogens is 3. The zero-order chi connectivity index (χ0) is 21.8. The number of para-hydroxylation sites is 2. The summed E-state index contributed by atoms with van der Waals surface area (Å²) < 4.78 is 51.6. The number of benzene rings is 1. The molecule has 1 saturated heterocycles. The minimum absolute atomic E-state index is 0.0708. The Morgan fingerprint density at radius 1 is 1.23 bits per heavy atom. The van der Waals surface area contributed by atoms with Crippen molar-refractivity contribution in [2.24, 2.45) is 0 Å². The van der Waals surface area contributed by atoms with E-state index >= 15 is 0 Å². The lowest BCUT2D eigenvalue weighted by molar-refractivity contribution is 0.0969. The zero-order valence-corrected chi connectivity index (χ0v) is 18.6. The van der Waals surface area contributed by atoms with E-state index in [2.05, 4.69) is 4.98 Å². The van der Waals surface area contributed by atoms with Crippen molar-refractivity contribution >= 4 is 36.5 Å². The molecule has 1 atom stereocenters. The first-order chi connectivity index (χ1) is 14.0. The molecule has 0 spiro atoms. The quantitative estimate of drug-likeness (QED) is 0.552. The minimum atomic E-state index is -3.63. The van der Waals surface area contributed by atoms with Crippen LogP contribution in [0.4, 0.5) is 0 Å². The van der Waals surface area contributed by atoms with E-state index in [1.165, 1.54) is 4.57 Å². The van der Waals surface area contributed by atoms with Crippen LogP contribution in [0.2, 0.25) is 0 Å². The molecule has 1 aliphatic rings. The predicted molar refractivity (Wildman–Crippen MR) is 113 cm³/mol. The van der Waals surface area contributed by atoms with Crippen molar-refractivity contribution in [3.63, 3.8) is 0 Å². The molecule has 0 radical (unpaired) electrons. The van der Waals surface area contributed by atoms with Gasteiger partial charge in [-0.15, -0.1) is 0 Å². The van der Waals surface area contributed by atoms with Crippen LogP contribution in [-0.2, 0) is 26.2 Å². The molecule has 8 nitrogen and oxygen atoms in total. The van der Waals surface area contributed by atoms with Gasteiger partial charge in [0.25, 0.3) is 0 Å². The standard InChI is InChI=1S/C20H23N3O5S2/c1-13-10-16(14(2)23(13)15-8-9-30(27,28)12-15)19(24)11-22-18-7-5-4-6-17(18)21-20(22)29(3,25)26/h4-7,10,15H,8-9,11-12H2,1-3H3. The van der Waals surface area contributed by atoms with Gasteiger partial charge < -0.3 is 9.13 Å². The van der Waals surface area contributed by atoms with E-state index in [0.717, 1.165) is 11.9 Å². The van der Waals surface area contributed by atoms with Crippen LogP contribution < -0.4 is 0 Å². The van der Waals surface area contributed by atoms with Crippen molar-refractivity contribution in [3.05, 3.63) is 47.3 Å². The van der Waals surface area contributed by atoms with Crippen molar-refractivity contribution in [3.8, 4) is 0 Å². The maximum Gasteiger partial charge on any atom is 0.228 e. The Kier molecular flexibility index (Phi) is 4.89. The van der Waals surface area contributed by atoms with Gasteiger partial charge in [-0.25, -0.2) is 21.8 Å². The van der Waals surface area contributed by atoms with Gasteiger partial charge in [0.05, 0.1) is 29.1 Å². The van der Waals surface area contributed by atoms with Crippen molar-refractivity contribution in [1.82, 2.24) is 14.1 Å². The highest BCUT2D eigenvalue weighted by Crippen LogP contribution is 2.30. The number of hydrogen-bond acceptors (Lipinski definition) is 6. The van der Waals surface area contributed by atoms with Crippen LogP contribution in [0.1, 0.15) is 34.2 Å². The predicted octanol–water partition coefficient (Wildman–Crippen LogP) is 2.10. The molecule has 0 amide bonds. The summed E-state index contributed by atoms with van der Waals surface area (Å²) in [5.74, 6) is -0.0266. The van der Waals surface area contributed by atoms with Gasteiger partial charge in [-0.2, -0.15) is 0 Å². The van der Waals surface area contributed by atoms with E-state index in [1.54, 1.807) is 37.3 Å². The molecule has 3 aromatic rings. The summed E-state index contributed by atoms with van der Waals surface area (Å²) >= 11 is 0. The first-order valence-corrected chi connectivity index (χ1v) is 13.3. The number of sulfone groups is 2. The number of carbonyl (C=O) groups excluding carboxylic acids is 1. The first kappa shape index (κ1) is 20.8. The third kappa shape index (κ3) is 3.58. The van der Waals surface area contributed by atoms with Gasteiger partial charge >= 0.3 is 0 Å². The van der Waals surface area contributed by atoms with Crippen LogP contribution in [0.25, 0.3) is 11.0 Å². The van der Waals surface area contributed by atoms with Gasteiger partial charge in [0.1, 0.15) is 0 Å². The van der Waals surface area contributed by atoms with Gasteiger partial charge in [-0.3, -0.25) is 4.79 Å². The highest BCUT2D eigenvalue weighted by Gasteiger charge is 2.32.